The number of carboxylic acid groups (broad SMARTS) is 1. The van der Waals surface area contributed by atoms with Crippen LogP contribution in [-0.4, -0.2) is 44.7 Å². The third-order valence-electron chi connectivity index (χ3n) is 3.81. The average Bonchev–Trinajstić information content (AvgIpc) is 2.99. The fraction of sp³-hybridized carbons (Fsp3) is 0.400. The van der Waals surface area contributed by atoms with E-state index in [9.17, 15) is 10.1 Å². The molecule has 1 amide bonds. The monoisotopic (exact) mass is 359 g/mol. The Morgan fingerprint density at radius 2 is 2.40 bits per heavy atom. The Labute approximate surface area is 148 Å². The van der Waals surface area contributed by atoms with Gasteiger partial charge in [0.1, 0.15) is 16.9 Å². The number of nitrogens with zero attached hydrogens (tertiary/aromatic N) is 5. The number of hydrogen-bond donors (Lipinski definition) is 3. The van der Waals surface area contributed by atoms with Gasteiger partial charge in [-0.3, -0.25) is 0 Å². The van der Waals surface area contributed by atoms with Crippen LogP contribution in [0, 0.1) is 18.3 Å². The van der Waals surface area contributed by atoms with E-state index in [2.05, 4.69) is 25.0 Å². The average molecular weight is 359 g/mol. The minimum Gasteiger partial charge on any atom is -0.465 e. The summed E-state index contributed by atoms with van der Waals surface area (Å²) in [5.41, 5.74) is 1.08. The Hall–Kier alpha value is -2.93. The van der Waals surface area contributed by atoms with Gasteiger partial charge in [-0.25, -0.2) is 14.8 Å². The number of amides is 1. The van der Waals surface area contributed by atoms with Crippen LogP contribution in [0.25, 0.3) is 0 Å². The predicted octanol–water partition coefficient (Wildman–Crippen LogP) is 2.09. The molecule has 1 aliphatic rings. The quantitative estimate of drug-likeness (QED) is 0.757. The maximum absolute atomic E-state index is 10.8. The third-order valence-corrected chi connectivity index (χ3v) is 4.60. The summed E-state index contributed by atoms with van der Waals surface area (Å²) in [5, 5.41) is 24.5. The van der Waals surface area contributed by atoms with Gasteiger partial charge in [-0.1, -0.05) is 0 Å². The first-order chi connectivity index (χ1) is 12.0. The van der Waals surface area contributed by atoms with Crippen molar-refractivity contribution in [3.8, 4) is 6.07 Å². The van der Waals surface area contributed by atoms with E-state index in [1.807, 2.05) is 24.0 Å². The van der Waals surface area contributed by atoms with Crippen molar-refractivity contribution in [2.24, 2.45) is 0 Å². The Morgan fingerprint density at radius 3 is 3.08 bits per heavy atom. The van der Waals surface area contributed by atoms with Crippen LogP contribution >= 0.6 is 11.5 Å². The van der Waals surface area contributed by atoms with Crippen molar-refractivity contribution in [3.63, 3.8) is 0 Å². The summed E-state index contributed by atoms with van der Waals surface area (Å²) in [4.78, 5) is 21.5. The molecule has 1 saturated heterocycles. The third kappa shape index (κ3) is 4.13. The maximum Gasteiger partial charge on any atom is 0.404 e. The second-order valence-electron chi connectivity index (χ2n) is 5.73. The molecule has 2 aromatic heterocycles. The minimum absolute atomic E-state index is 0.149. The molecule has 0 spiro atoms. The zero-order chi connectivity index (χ0) is 17.8. The van der Waals surface area contributed by atoms with E-state index in [4.69, 9.17) is 5.11 Å². The molecule has 0 saturated carbocycles. The van der Waals surface area contributed by atoms with Crippen LogP contribution in [0.1, 0.15) is 24.2 Å². The molecule has 1 aliphatic heterocycles. The number of hydrogen-bond acceptors (Lipinski definition) is 8. The summed E-state index contributed by atoms with van der Waals surface area (Å²) in [6.45, 7) is 3.17. The first-order valence-corrected chi connectivity index (χ1v) is 8.54. The number of rotatable bonds is 4. The van der Waals surface area contributed by atoms with E-state index in [1.54, 1.807) is 6.20 Å². The van der Waals surface area contributed by atoms with Gasteiger partial charge in [-0.05, 0) is 37.4 Å². The highest BCUT2D eigenvalue weighted by Crippen LogP contribution is 2.25. The molecule has 3 N–H and O–H groups in total. The SMILES string of the molecule is Cc1cc(Nc2nc(N3CCCC(NC(=O)O)C3)cnc2C#N)sn1. The minimum atomic E-state index is -1.03. The van der Waals surface area contributed by atoms with E-state index < -0.39 is 6.09 Å². The summed E-state index contributed by atoms with van der Waals surface area (Å²) in [6.07, 6.45) is 2.16. The molecule has 3 rings (SSSR count). The van der Waals surface area contributed by atoms with Crippen LogP contribution in [-0.2, 0) is 0 Å². The highest BCUT2D eigenvalue weighted by atomic mass is 32.1. The zero-order valence-corrected chi connectivity index (χ0v) is 14.4. The number of piperidine rings is 1. The summed E-state index contributed by atoms with van der Waals surface area (Å²) in [5.74, 6) is 0.983. The molecule has 0 aromatic carbocycles. The fourth-order valence-electron chi connectivity index (χ4n) is 2.72. The van der Waals surface area contributed by atoms with Gasteiger partial charge in [0.05, 0.1) is 11.9 Å². The molecule has 0 aliphatic carbocycles. The van der Waals surface area contributed by atoms with Gasteiger partial charge in [0, 0.05) is 19.1 Å². The van der Waals surface area contributed by atoms with Gasteiger partial charge in [0.25, 0.3) is 0 Å². The lowest BCUT2D eigenvalue weighted by molar-refractivity contribution is 0.188. The predicted molar refractivity (Wildman–Crippen MR) is 93.3 cm³/mol. The van der Waals surface area contributed by atoms with Gasteiger partial charge in [-0.2, -0.15) is 9.64 Å². The molecule has 2 aromatic rings. The van der Waals surface area contributed by atoms with Crippen LogP contribution in [0.3, 0.4) is 0 Å². The second-order valence-corrected chi connectivity index (χ2v) is 6.53. The summed E-state index contributed by atoms with van der Waals surface area (Å²) in [7, 11) is 0. The molecule has 0 bridgehead atoms. The number of carbonyl (C=O) groups is 1. The zero-order valence-electron chi connectivity index (χ0n) is 13.6. The number of aromatic nitrogens is 3. The maximum atomic E-state index is 10.8. The molecule has 1 atom stereocenters. The normalized spacial score (nSPS) is 17.0. The smallest absolute Gasteiger partial charge is 0.404 e. The fourth-order valence-corrected chi connectivity index (χ4v) is 3.38. The van der Waals surface area contributed by atoms with Crippen molar-refractivity contribution in [3.05, 3.63) is 23.7 Å². The van der Waals surface area contributed by atoms with E-state index in [0.717, 1.165) is 30.1 Å². The van der Waals surface area contributed by atoms with Crippen molar-refractivity contribution in [2.45, 2.75) is 25.8 Å². The molecule has 3 heterocycles. The number of nitrogens with one attached hydrogen (secondary N) is 2. The lowest BCUT2D eigenvalue weighted by atomic mass is 10.1. The molecule has 1 fully saturated rings. The topological polar surface area (TPSA) is 127 Å². The summed E-state index contributed by atoms with van der Waals surface area (Å²) >= 11 is 1.29. The van der Waals surface area contributed by atoms with Gasteiger partial charge >= 0.3 is 6.09 Å². The van der Waals surface area contributed by atoms with Crippen LogP contribution < -0.4 is 15.5 Å². The highest BCUT2D eigenvalue weighted by Gasteiger charge is 2.23. The second kappa shape index (κ2) is 7.31. The Balaban J connectivity index is 1.81. The Bertz CT molecular complexity index is 816. The van der Waals surface area contributed by atoms with Crippen LogP contribution in [0.5, 0.6) is 0 Å². The molecule has 10 heteroatoms. The van der Waals surface area contributed by atoms with Gasteiger partial charge in [0.2, 0.25) is 0 Å². The molecule has 130 valence electrons. The lowest BCUT2D eigenvalue weighted by Crippen LogP contribution is -2.47. The van der Waals surface area contributed by atoms with E-state index in [-0.39, 0.29) is 11.7 Å². The number of aryl methyl sites for hydroxylation is 1. The molecule has 1 unspecified atom stereocenters. The van der Waals surface area contributed by atoms with Gasteiger partial charge in [-0.15, -0.1) is 0 Å². The van der Waals surface area contributed by atoms with Crippen LogP contribution in [0.4, 0.5) is 21.4 Å². The summed E-state index contributed by atoms with van der Waals surface area (Å²) in [6, 6.07) is 3.75. The van der Waals surface area contributed by atoms with Crippen molar-refractivity contribution >= 4 is 34.3 Å². The van der Waals surface area contributed by atoms with E-state index in [0.29, 0.717) is 18.2 Å². The van der Waals surface area contributed by atoms with Crippen molar-refractivity contribution in [1.82, 2.24) is 19.7 Å². The lowest BCUT2D eigenvalue weighted by Gasteiger charge is -2.33. The highest BCUT2D eigenvalue weighted by molar-refractivity contribution is 7.10. The van der Waals surface area contributed by atoms with E-state index in [1.165, 1.54) is 11.5 Å². The largest absolute Gasteiger partial charge is 0.465 e. The van der Waals surface area contributed by atoms with Crippen molar-refractivity contribution < 1.29 is 9.90 Å². The van der Waals surface area contributed by atoms with Gasteiger partial charge < -0.3 is 20.6 Å². The molecular formula is C15H17N7O2S. The first kappa shape index (κ1) is 16.9. The molecule has 25 heavy (non-hydrogen) atoms. The Kier molecular flexibility index (Phi) is 4.95. The molecule has 9 nitrogen and oxygen atoms in total. The number of anilines is 3. The molecule has 0 radical (unpaired) electrons. The number of nitriles is 1. The van der Waals surface area contributed by atoms with E-state index >= 15 is 0 Å². The summed E-state index contributed by atoms with van der Waals surface area (Å²) < 4.78 is 4.19. The first-order valence-electron chi connectivity index (χ1n) is 7.77. The van der Waals surface area contributed by atoms with Crippen molar-refractivity contribution in [2.75, 3.05) is 23.3 Å². The van der Waals surface area contributed by atoms with Crippen molar-refractivity contribution in [1.29, 1.82) is 5.26 Å². The molecular weight excluding hydrogens is 342 g/mol. The standard InChI is InChI=1S/C15H17N7O2S/c1-9-5-13(25-21-9)20-14-11(6-16)17-7-12(19-14)22-4-2-3-10(8-22)18-15(23)24/h5,7,10,18H,2-4,8H2,1H3,(H,19,20)(H,23,24). The van der Waals surface area contributed by atoms with Crippen LogP contribution in [0.2, 0.25) is 0 Å². The van der Waals surface area contributed by atoms with Crippen LogP contribution in [0.15, 0.2) is 12.3 Å². The van der Waals surface area contributed by atoms with Gasteiger partial charge in [0.15, 0.2) is 11.5 Å². The Morgan fingerprint density at radius 1 is 1.56 bits per heavy atom.